The zero-order chi connectivity index (χ0) is 22.1. The first-order valence-electron chi connectivity index (χ1n) is 11.5. The fraction of sp³-hybridized carbons (Fsp3) is 0.423. The molecule has 1 spiro atoms. The molecule has 2 aliphatic rings. The molecule has 2 atom stereocenters. The molecule has 6 heteroatoms. The molecule has 3 aromatic rings. The van der Waals surface area contributed by atoms with E-state index in [0.717, 1.165) is 56.0 Å². The zero-order valence-electron chi connectivity index (χ0n) is 18.8. The van der Waals surface area contributed by atoms with E-state index >= 15 is 0 Å². The van der Waals surface area contributed by atoms with Gasteiger partial charge in [-0.05, 0) is 55.6 Å². The van der Waals surface area contributed by atoms with E-state index in [2.05, 4.69) is 51.6 Å². The maximum atomic E-state index is 13.1. The molecule has 1 fully saturated rings. The van der Waals surface area contributed by atoms with Crippen molar-refractivity contribution in [2.45, 2.75) is 31.8 Å². The van der Waals surface area contributed by atoms with E-state index in [9.17, 15) is 4.79 Å². The summed E-state index contributed by atoms with van der Waals surface area (Å²) in [5.41, 5.74) is 4.28. The third kappa shape index (κ3) is 3.57. The second-order valence-corrected chi connectivity index (χ2v) is 8.83. The largest absolute Gasteiger partial charge is 0.497 e. The van der Waals surface area contributed by atoms with Crippen LogP contribution in [0.3, 0.4) is 0 Å². The molecule has 0 radical (unpaired) electrons. The number of hydrogen-bond donors (Lipinski definition) is 2. The second kappa shape index (κ2) is 8.60. The summed E-state index contributed by atoms with van der Waals surface area (Å²) >= 11 is 0. The van der Waals surface area contributed by atoms with Crippen LogP contribution in [0, 0.1) is 5.92 Å². The predicted molar refractivity (Wildman–Crippen MR) is 125 cm³/mol. The standard InChI is InChI=1S/C26H31N3O3/c1-3-32-25(30)22-12-14-29(16-18-7-5-4-6-8-18)17-26(22)24-20(11-13-27-26)21-15-19(31-2)9-10-23(21)28-24/h4-10,15,22,27-28H,3,11-14,16-17H2,1-2H3. The van der Waals surface area contributed by atoms with Crippen LogP contribution in [0.15, 0.2) is 48.5 Å². The number of ether oxygens (including phenoxy) is 2. The Bertz CT molecular complexity index is 1110. The average molecular weight is 434 g/mol. The number of fused-ring (bicyclic) bond motifs is 4. The number of esters is 1. The highest BCUT2D eigenvalue weighted by Gasteiger charge is 2.52. The molecule has 32 heavy (non-hydrogen) atoms. The van der Waals surface area contributed by atoms with Crippen molar-refractivity contribution < 1.29 is 14.3 Å². The summed E-state index contributed by atoms with van der Waals surface area (Å²) in [4.78, 5) is 19.3. The summed E-state index contributed by atoms with van der Waals surface area (Å²) in [6.07, 6.45) is 1.68. The number of carbonyl (C=O) groups is 1. The van der Waals surface area contributed by atoms with Crippen LogP contribution in [0.2, 0.25) is 0 Å². The van der Waals surface area contributed by atoms with E-state index in [1.165, 1.54) is 16.5 Å². The average Bonchev–Trinajstić information content (AvgIpc) is 3.19. The smallest absolute Gasteiger partial charge is 0.311 e. The van der Waals surface area contributed by atoms with E-state index < -0.39 is 5.54 Å². The van der Waals surface area contributed by atoms with Crippen molar-refractivity contribution in [2.75, 3.05) is 33.4 Å². The van der Waals surface area contributed by atoms with Gasteiger partial charge >= 0.3 is 5.97 Å². The van der Waals surface area contributed by atoms with Gasteiger partial charge in [-0.1, -0.05) is 30.3 Å². The van der Waals surface area contributed by atoms with Crippen molar-refractivity contribution in [1.82, 2.24) is 15.2 Å². The first kappa shape index (κ1) is 21.0. The quantitative estimate of drug-likeness (QED) is 0.602. The molecule has 5 rings (SSSR count). The maximum Gasteiger partial charge on any atom is 0.311 e. The minimum Gasteiger partial charge on any atom is -0.497 e. The molecule has 6 nitrogen and oxygen atoms in total. The van der Waals surface area contributed by atoms with Gasteiger partial charge < -0.3 is 19.8 Å². The normalized spacial score (nSPS) is 23.2. The van der Waals surface area contributed by atoms with Gasteiger partial charge in [0.25, 0.3) is 0 Å². The SMILES string of the molecule is CCOC(=O)C1CCN(Cc2ccccc2)CC12NCCc1c2[nH]c2ccc(OC)cc12. The molecule has 2 N–H and O–H groups in total. The summed E-state index contributed by atoms with van der Waals surface area (Å²) in [5.74, 6) is 0.509. The predicted octanol–water partition coefficient (Wildman–Crippen LogP) is 3.60. The van der Waals surface area contributed by atoms with Crippen LogP contribution in [-0.2, 0) is 28.0 Å². The molecule has 0 amide bonds. The lowest BCUT2D eigenvalue weighted by Crippen LogP contribution is -2.63. The Labute approximate surface area is 188 Å². The lowest BCUT2D eigenvalue weighted by Gasteiger charge is -2.49. The van der Waals surface area contributed by atoms with Crippen LogP contribution in [0.25, 0.3) is 10.9 Å². The maximum absolute atomic E-state index is 13.1. The number of aromatic nitrogens is 1. The summed E-state index contributed by atoms with van der Waals surface area (Å²) in [6.45, 7) is 5.59. The van der Waals surface area contributed by atoms with Gasteiger partial charge in [-0.3, -0.25) is 9.69 Å². The monoisotopic (exact) mass is 433 g/mol. The molecule has 2 aliphatic heterocycles. The number of likely N-dealkylation sites (tertiary alicyclic amines) is 1. The summed E-state index contributed by atoms with van der Waals surface area (Å²) in [7, 11) is 1.70. The number of carbonyl (C=O) groups excluding carboxylic acids is 1. The van der Waals surface area contributed by atoms with Crippen molar-refractivity contribution in [3.63, 3.8) is 0 Å². The minimum atomic E-state index is -0.501. The first-order chi connectivity index (χ1) is 15.6. The number of piperidine rings is 1. The van der Waals surface area contributed by atoms with Crippen LogP contribution in [0.1, 0.15) is 30.2 Å². The summed E-state index contributed by atoms with van der Waals surface area (Å²) in [6, 6.07) is 16.7. The number of methoxy groups -OCH3 is 1. The van der Waals surface area contributed by atoms with Crippen molar-refractivity contribution in [1.29, 1.82) is 0 Å². The Hall–Kier alpha value is -2.83. The number of nitrogens with zero attached hydrogens (tertiary/aromatic N) is 1. The lowest BCUT2D eigenvalue weighted by molar-refractivity contribution is -0.155. The van der Waals surface area contributed by atoms with Gasteiger partial charge in [0.1, 0.15) is 5.75 Å². The molecule has 3 heterocycles. The summed E-state index contributed by atoms with van der Waals surface area (Å²) < 4.78 is 11.0. The lowest BCUT2D eigenvalue weighted by atomic mass is 9.72. The highest BCUT2D eigenvalue weighted by molar-refractivity contribution is 5.87. The van der Waals surface area contributed by atoms with Gasteiger partial charge in [0.15, 0.2) is 0 Å². The number of H-pyrrole nitrogens is 1. The molecule has 0 bridgehead atoms. The molecular weight excluding hydrogens is 402 g/mol. The minimum absolute atomic E-state index is 0.108. The number of hydrogen-bond acceptors (Lipinski definition) is 5. The van der Waals surface area contributed by atoms with Gasteiger partial charge in [0.05, 0.1) is 25.2 Å². The molecule has 2 unspecified atom stereocenters. The van der Waals surface area contributed by atoms with Crippen molar-refractivity contribution in [2.24, 2.45) is 5.92 Å². The zero-order valence-corrected chi connectivity index (χ0v) is 18.8. The highest BCUT2D eigenvalue weighted by atomic mass is 16.5. The number of nitrogens with one attached hydrogen (secondary N) is 2. The van der Waals surface area contributed by atoms with Gasteiger partial charge in [-0.2, -0.15) is 0 Å². The van der Waals surface area contributed by atoms with Crippen LogP contribution >= 0.6 is 0 Å². The van der Waals surface area contributed by atoms with Gasteiger partial charge in [-0.15, -0.1) is 0 Å². The van der Waals surface area contributed by atoms with Crippen LogP contribution < -0.4 is 10.1 Å². The van der Waals surface area contributed by atoms with E-state index in [1.54, 1.807) is 7.11 Å². The van der Waals surface area contributed by atoms with Gasteiger partial charge in [-0.25, -0.2) is 0 Å². The van der Waals surface area contributed by atoms with E-state index in [4.69, 9.17) is 9.47 Å². The topological polar surface area (TPSA) is 66.6 Å². The Balaban J connectivity index is 1.58. The third-order valence-electron chi connectivity index (χ3n) is 7.00. The van der Waals surface area contributed by atoms with Crippen LogP contribution in [-0.4, -0.2) is 49.2 Å². The number of rotatable bonds is 5. The fourth-order valence-electron chi connectivity index (χ4n) is 5.56. The van der Waals surface area contributed by atoms with Gasteiger partial charge in [0, 0.05) is 36.2 Å². The second-order valence-electron chi connectivity index (χ2n) is 8.83. The Morgan fingerprint density at radius 2 is 2.06 bits per heavy atom. The Morgan fingerprint density at radius 3 is 2.84 bits per heavy atom. The van der Waals surface area contributed by atoms with E-state index in [0.29, 0.717) is 6.61 Å². The first-order valence-corrected chi connectivity index (χ1v) is 11.5. The Kier molecular flexibility index (Phi) is 5.66. The molecule has 0 saturated carbocycles. The van der Waals surface area contributed by atoms with Crippen LogP contribution in [0.5, 0.6) is 5.75 Å². The van der Waals surface area contributed by atoms with Crippen molar-refractivity contribution in [3.8, 4) is 5.75 Å². The van der Waals surface area contributed by atoms with Crippen molar-refractivity contribution in [3.05, 3.63) is 65.4 Å². The van der Waals surface area contributed by atoms with Crippen molar-refractivity contribution >= 4 is 16.9 Å². The molecule has 0 aliphatic carbocycles. The fourth-order valence-corrected chi connectivity index (χ4v) is 5.56. The Morgan fingerprint density at radius 1 is 1.22 bits per heavy atom. The van der Waals surface area contributed by atoms with Crippen LogP contribution in [0.4, 0.5) is 0 Å². The van der Waals surface area contributed by atoms with E-state index in [1.807, 2.05) is 19.1 Å². The molecule has 1 saturated heterocycles. The third-order valence-corrected chi connectivity index (χ3v) is 7.00. The number of aromatic amines is 1. The highest BCUT2D eigenvalue weighted by Crippen LogP contribution is 2.43. The molecular formula is C26H31N3O3. The molecule has 1 aromatic heterocycles. The molecule has 168 valence electrons. The number of benzene rings is 2. The summed E-state index contributed by atoms with van der Waals surface area (Å²) in [5, 5.41) is 4.96. The van der Waals surface area contributed by atoms with E-state index in [-0.39, 0.29) is 11.9 Å². The molecule has 2 aromatic carbocycles. The van der Waals surface area contributed by atoms with Gasteiger partial charge in [0.2, 0.25) is 0 Å².